The largest absolute Gasteiger partial charge is 0.508 e. The molecule has 8 heteroatoms. The van der Waals surface area contributed by atoms with Crippen molar-refractivity contribution in [2.24, 2.45) is 0 Å². The molecule has 2 aromatic carbocycles. The summed E-state index contributed by atoms with van der Waals surface area (Å²) in [6, 6.07) is 10.8. The molecule has 3 aromatic rings. The average Bonchev–Trinajstić information content (AvgIpc) is 3.25. The lowest BCUT2D eigenvalue weighted by molar-refractivity contribution is -0.132. The molecule has 4 rings (SSSR count). The Morgan fingerprint density at radius 2 is 1.73 bits per heavy atom. The van der Waals surface area contributed by atoms with Crippen LogP contribution in [-0.2, 0) is 9.59 Å². The molecule has 1 fully saturated rings. The first-order valence-electron chi connectivity index (χ1n) is 9.25. The van der Waals surface area contributed by atoms with Crippen molar-refractivity contribution < 1.29 is 19.8 Å². The van der Waals surface area contributed by atoms with Crippen molar-refractivity contribution in [3.63, 3.8) is 0 Å². The Labute approximate surface area is 176 Å². The molecule has 0 saturated carbocycles. The molecule has 1 aliphatic rings. The second kappa shape index (κ2) is 7.38. The number of nitrogens with zero attached hydrogens (tertiary/aromatic N) is 3. The number of carbonyl (C=O) groups is 2. The van der Waals surface area contributed by atoms with E-state index in [-0.39, 0.29) is 22.2 Å². The first kappa shape index (κ1) is 19.8. The maximum atomic E-state index is 13.1. The Balaban J connectivity index is 1.97. The third-order valence-electron chi connectivity index (χ3n) is 5.02. The molecule has 0 spiro atoms. The summed E-state index contributed by atoms with van der Waals surface area (Å²) in [5, 5.41) is 29.8. The zero-order chi connectivity index (χ0) is 21.6. The Morgan fingerprint density at radius 1 is 1.03 bits per heavy atom. The van der Waals surface area contributed by atoms with Crippen LogP contribution in [0.15, 0.2) is 48.0 Å². The third kappa shape index (κ3) is 3.25. The number of anilines is 1. The van der Waals surface area contributed by atoms with Gasteiger partial charge in [0.15, 0.2) is 0 Å². The Morgan fingerprint density at radius 3 is 2.37 bits per heavy atom. The Bertz CT molecular complexity index is 1200. The molecule has 1 aliphatic heterocycles. The minimum absolute atomic E-state index is 0.0211. The number of benzene rings is 2. The van der Waals surface area contributed by atoms with Crippen molar-refractivity contribution in [2.75, 3.05) is 4.90 Å². The molecule has 1 amide bonds. The van der Waals surface area contributed by atoms with E-state index < -0.39 is 17.7 Å². The van der Waals surface area contributed by atoms with E-state index in [0.717, 1.165) is 11.1 Å². The summed E-state index contributed by atoms with van der Waals surface area (Å²) in [6.07, 6.45) is 0. The van der Waals surface area contributed by atoms with E-state index in [9.17, 15) is 19.8 Å². The van der Waals surface area contributed by atoms with Crippen LogP contribution in [0.3, 0.4) is 0 Å². The second-order valence-electron chi connectivity index (χ2n) is 7.18. The van der Waals surface area contributed by atoms with Gasteiger partial charge in [-0.1, -0.05) is 41.2 Å². The number of ketones is 1. The maximum absolute atomic E-state index is 13.1. The number of aliphatic hydroxyl groups is 1. The lowest BCUT2D eigenvalue weighted by Crippen LogP contribution is -2.29. The number of aromatic nitrogens is 2. The molecule has 0 unspecified atom stereocenters. The van der Waals surface area contributed by atoms with Crippen LogP contribution in [0.5, 0.6) is 5.75 Å². The van der Waals surface area contributed by atoms with E-state index in [0.29, 0.717) is 16.1 Å². The molecular formula is C22H19N3O4S. The highest BCUT2D eigenvalue weighted by atomic mass is 32.1. The first-order valence-corrected chi connectivity index (χ1v) is 10.1. The third-order valence-corrected chi connectivity index (χ3v) is 5.86. The number of rotatable bonds is 3. The number of hydrogen-bond donors (Lipinski definition) is 2. The summed E-state index contributed by atoms with van der Waals surface area (Å²) in [4.78, 5) is 27.3. The molecule has 2 N–H and O–H groups in total. The lowest BCUT2D eigenvalue weighted by Gasteiger charge is -2.22. The average molecular weight is 421 g/mol. The number of phenols is 1. The SMILES string of the molecule is Cc1ccc(C)c(C(O)=C2C(=O)C(=O)N(c3nnc(C)s3)[C@H]2c2ccc(O)cc2)c1. The van der Waals surface area contributed by atoms with Crippen LogP contribution in [0, 0.1) is 20.8 Å². The Hall–Kier alpha value is -3.52. The summed E-state index contributed by atoms with van der Waals surface area (Å²) < 4.78 is 0. The van der Waals surface area contributed by atoms with Crippen LogP contribution < -0.4 is 4.90 Å². The van der Waals surface area contributed by atoms with E-state index in [1.807, 2.05) is 26.0 Å². The summed E-state index contributed by atoms with van der Waals surface area (Å²) in [6.45, 7) is 5.47. The number of aryl methyl sites for hydroxylation is 3. The fraction of sp³-hybridized carbons (Fsp3) is 0.182. The van der Waals surface area contributed by atoms with Crippen molar-refractivity contribution in [2.45, 2.75) is 26.8 Å². The highest BCUT2D eigenvalue weighted by Gasteiger charge is 2.48. The van der Waals surface area contributed by atoms with E-state index >= 15 is 0 Å². The van der Waals surface area contributed by atoms with Crippen molar-refractivity contribution >= 4 is 33.9 Å². The van der Waals surface area contributed by atoms with E-state index in [2.05, 4.69) is 10.2 Å². The normalized spacial score (nSPS) is 18.2. The molecule has 30 heavy (non-hydrogen) atoms. The van der Waals surface area contributed by atoms with Crippen LogP contribution in [0.2, 0.25) is 0 Å². The van der Waals surface area contributed by atoms with Gasteiger partial charge in [0.05, 0.1) is 11.6 Å². The zero-order valence-electron chi connectivity index (χ0n) is 16.6. The van der Waals surface area contributed by atoms with Crippen LogP contribution in [0.25, 0.3) is 5.76 Å². The van der Waals surface area contributed by atoms with Crippen LogP contribution in [0.1, 0.15) is 33.3 Å². The first-order chi connectivity index (χ1) is 14.3. The van der Waals surface area contributed by atoms with Gasteiger partial charge in [-0.15, -0.1) is 10.2 Å². The standard InChI is InChI=1S/C22H19N3O4S/c1-11-4-5-12(2)16(10-11)19(27)17-18(14-6-8-15(26)9-7-14)25(21(29)20(17)28)22-24-23-13(3)30-22/h4-10,18,26-27H,1-3H3/t18-/m0/s1. The minimum Gasteiger partial charge on any atom is -0.508 e. The van der Waals surface area contributed by atoms with Gasteiger partial charge < -0.3 is 10.2 Å². The van der Waals surface area contributed by atoms with Gasteiger partial charge in [-0.25, -0.2) is 0 Å². The number of hydrogen-bond acceptors (Lipinski definition) is 7. The molecule has 0 aliphatic carbocycles. The van der Waals surface area contributed by atoms with Gasteiger partial charge in [0.1, 0.15) is 16.5 Å². The van der Waals surface area contributed by atoms with Gasteiger partial charge in [0.25, 0.3) is 5.78 Å². The zero-order valence-corrected chi connectivity index (χ0v) is 17.4. The number of carbonyl (C=O) groups excluding carboxylic acids is 2. The molecular weight excluding hydrogens is 402 g/mol. The van der Waals surface area contributed by atoms with Gasteiger partial charge in [-0.3, -0.25) is 14.5 Å². The predicted molar refractivity (Wildman–Crippen MR) is 113 cm³/mol. The summed E-state index contributed by atoms with van der Waals surface area (Å²) in [5.41, 5.74) is 2.72. The number of aliphatic hydroxyl groups excluding tert-OH is 1. The topological polar surface area (TPSA) is 104 Å². The van der Waals surface area contributed by atoms with Crippen LogP contribution >= 0.6 is 11.3 Å². The van der Waals surface area contributed by atoms with Crippen molar-refractivity contribution in [1.29, 1.82) is 0 Å². The summed E-state index contributed by atoms with van der Waals surface area (Å²) in [7, 11) is 0. The number of aromatic hydroxyl groups is 1. The van der Waals surface area contributed by atoms with Gasteiger partial charge in [0, 0.05) is 5.56 Å². The van der Waals surface area contributed by atoms with Crippen molar-refractivity contribution in [1.82, 2.24) is 10.2 Å². The fourth-order valence-electron chi connectivity index (χ4n) is 3.52. The summed E-state index contributed by atoms with van der Waals surface area (Å²) in [5.74, 6) is -1.76. The highest BCUT2D eigenvalue weighted by molar-refractivity contribution is 7.15. The van der Waals surface area contributed by atoms with E-state index in [4.69, 9.17) is 0 Å². The molecule has 1 atom stereocenters. The van der Waals surface area contributed by atoms with E-state index in [1.54, 1.807) is 25.1 Å². The molecule has 0 radical (unpaired) electrons. The Kier molecular flexibility index (Phi) is 4.87. The summed E-state index contributed by atoms with van der Waals surface area (Å²) >= 11 is 1.18. The highest BCUT2D eigenvalue weighted by Crippen LogP contribution is 2.43. The van der Waals surface area contributed by atoms with Gasteiger partial charge in [-0.2, -0.15) is 0 Å². The smallest absolute Gasteiger partial charge is 0.301 e. The quantitative estimate of drug-likeness (QED) is 0.379. The maximum Gasteiger partial charge on any atom is 0.301 e. The van der Waals surface area contributed by atoms with Gasteiger partial charge in [-0.05, 0) is 50.1 Å². The molecule has 1 saturated heterocycles. The van der Waals surface area contributed by atoms with Crippen molar-refractivity contribution in [3.8, 4) is 5.75 Å². The van der Waals surface area contributed by atoms with Gasteiger partial charge >= 0.3 is 5.91 Å². The molecule has 0 bridgehead atoms. The molecule has 2 heterocycles. The molecule has 1 aromatic heterocycles. The monoisotopic (exact) mass is 421 g/mol. The second-order valence-corrected chi connectivity index (χ2v) is 8.34. The van der Waals surface area contributed by atoms with E-state index in [1.165, 1.54) is 28.4 Å². The van der Waals surface area contributed by atoms with Gasteiger partial charge in [0.2, 0.25) is 5.13 Å². The van der Waals surface area contributed by atoms with Crippen LogP contribution in [0.4, 0.5) is 5.13 Å². The lowest BCUT2D eigenvalue weighted by atomic mass is 9.93. The number of phenolic OH excluding ortho intramolecular Hbond substituents is 1. The predicted octanol–water partition coefficient (Wildman–Crippen LogP) is 3.80. The fourth-order valence-corrected chi connectivity index (χ4v) is 4.24. The van der Waals surface area contributed by atoms with Crippen molar-refractivity contribution in [3.05, 3.63) is 75.3 Å². The molecule has 7 nitrogen and oxygen atoms in total. The molecule has 152 valence electrons. The van der Waals surface area contributed by atoms with Crippen LogP contribution in [-0.4, -0.2) is 32.1 Å². The minimum atomic E-state index is -0.891. The number of Topliss-reactive ketones (excluding diaryl/α,β-unsaturated/α-hetero) is 1. The number of amides is 1.